The van der Waals surface area contributed by atoms with Crippen molar-refractivity contribution >= 4 is 64.4 Å². The summed E-state index contributed by atoms with van der Waals surface area (Å²) in [6.07, 6.45) is 1.34. The van der Waals surface area contributed by atoms with Crippen LogP contribution >= 0.6 is 34.8 Å². The number of benzene rings is 3. The Balaban J connectivity index is 1.69. The predicted octanol–water partition coefficient (Wildman–Crippen LogP) is 5.90. The van der Waals surface area contributed by atoms with Crippen molar-refractivity contribution in [3.63, 3.8) is 0 Å². The van der Waals surface area contributed by atoms with E-state index < -0.39 is 17.8 Å². The largest absolute Gasteiger partial charge is 0.497 e. The number of rotatable bonds is 6. The van der Waals surface area contributed by atoms with Crippen molar-refractivity contribution in [3.8, 4) is 11.5 Å². The molecule has 3 aromatic rings. The molecule has 0 radical (unpaired) electrons. The van der Waals surface area contributed by atoms with Crippen molar-refractivity contribution in [1.29, 1.82) is 0 Å². The number of barbiturate groups is 1. The fourth-order valence-electron chi connectivity index (χ4n) is 3.34. The van der Waals surface area contributed by atoms with Crippen molar-refractivity contribution in [3.05, 3.63) is 92.4 Å². The van der Waals surface area contributed by atoms with Gasteiger partial charge in [0.25, 0.3) is 11.8 Å². The Morgan fingerprint density at radius 3 is 2.40 bits per heavy atom. The zero-order chi connectivity index (χ0) is 25.1. The quantitative estimate of drug-likeness (QED) is 0.316. The van der Waals surface area contributed by atoms with Gasteiger partial charge in [0.15, 0.2) is 0 Å². The topological polar surface area (TPSA) is 84.9 Å². The summed E-state index contributed by atoms with van der Waals surface area (Å²) in [5.74, 6) is -0.819. The van der Waals surface area contributed by atoms with Gasteiger partial charge in [-0.15, -0.1) is 0 Å². The Hall–Kier alpha value is -3.52. The van der Waals surface area contributed by atoms with Crippen molar-refractivity contribution in [2.24, 2.45) is 0 Å². The third kappa shape index (κ3) is 5.27. The van der Waals surface area contributed by atoms with Crippen molar-refractivity contribution in [2.45, 2.75) is 6.61 Å². The van der Waals surface area contributed by atoms with E-state index in [9.17, 15) is 14.4 Å². The van der Waals surface area contributed by atoms with E-state index in [-0.39, 0.29) is 22.9 Å². The van der Waals surface area contributed by atoms with Crippen molar-refractivity contribution in [1.82, 2.24) is 5.32 Å². The highest BCUT2D eigenvalue weighted by Crippen LogP contribution is 2.32. The smallest absolute Gasteiger partial charge is 0.335 e. The van der Waals surface area contributed by atoms with Gasteiger partial charge in [-0.25, -0.2) is 9.69 Å². The summed E-state index contributed by atoms with van der Waals surface area (Å²) in [6, 6.07) is 15.4. The number of anilines is 1. The number of imide groups is 2. The molecular formula is C25H17Cl3N2O5. The standard InChI is InChI=1S/C25H17Cl3N2O5/c1-34-16-8-7-15(22(12-16)35-13-14-6-9-18(26)20(28)10-14)11-17-23(31)29-25(33)30(24(17)32)21-5-3-2-4-19(21)27/h2-12H,13H2,1H3,(H,29,31,33)/b17-11+. The molecular weight excluding hydrogens is 515 g/mol. The van der Waals surface area contributed by atoms with Gasteiger partial charge in [0.05, 0.1) is 27.9 Å². The molecule has 178 valence electrons. The van der Waals surface area contributed by atoms with Crippen molar-refractivity contribution in [2.75, 3.05) is 12.0 Å². The van der Waals surface area contributed by atoms with E-state index in [0.717, 1.165) is 10.5 Å². The average molecular weight is 532 g/mol. The Morgan fingerprint density at radius 2 is 1.69 bits per heavy atom. The number of hydrogen-bond donors (Lipinski definition) is 1. The average Bonchev–Trinajstić information content (AvgIpc) is 2.84. The zero-order valence-corrected chi connectivity index (χ0v) is 20.4. The van der Waals surface area contributed by atoms with Gasteiger partial charge in [-0.2, -0.15) is 0 Å². The lowest BCUT2D eigenvalue weighted by Gasteiger charge is -2.27. The van der Waals surface area contributed by atoms with Gasteiger partial charge >= 0.3 is 6.03 Å². The molecule has 4 rings (SSSR count). The molecule has 0 spiro atoms. The molecule has 0 aromatic heterocycles. The number of nitrogens with zero attached hydrogens (tertiary/aromatic N) is 1. The number of hydrogen-bond acceptors (Lipinski definition) is 5. The summed E-state index contributed by atoms with van der Waals surface area (Å²) < 4.78 is 11.2. The van der Waals surface area contributed by atoms with Crippen LogP contribution in [-0.4, -0.2) is 25.0 Å². The van der Waals surface area contributed by atoms with Crippen LogP contribution in [0.2, 0.25) is 15.1 Å². The van der Waals surface area contributed by atoms with Gasteiger partial charge in [0, 0.05) is 11.6 Å². The van der Waals surface area contributed by atoms with E-state index in [1.54, 1.807) is 48.5 Å². The molecule has 7 nitrogen and oxygen atoms in total. The van der Waals surface area contributed by atoms with E-state index in [2.05, 4.69) is 5.32 Å². The predicted molar refractivity (Wildman–Crippen MR) is 134 cm³/mol. The summed E-state index contributed by atoms with van der Waals surface area (Å²) in [5.41, 5.74) is 1.05. The highest BCUT2D eigenvalue weighted by atomic mass is 35.5. The minimum atomic E-state index is -0.893. The molecule has 1 aliphatic rings. The van der Waals surface area contributed by atoms with Crippen LogP contribution in [0.5, 0.6) is 11.5 Å². The molecule has 1 aliphatic heterocycles. The summed E-state index contributed by atoms with van der Waals surface area (Å²) in [7, 11) is 1.50. The lowest BCUT2D eigenvalue weighted by molar-refractivity contribution is -0.122. The molecule has 0 aliphatic carbocycles. The van der Waals surface area contributed by atoms with Gasteiger partial charge in [-0.1, -0.05) is 53.0 Å². The molecule has 1 heterocycles. The highest BCUT2D eigenvalue weighted by molar-refractivity contribution is 6.42. The second kappa shape index (κ2) is 10.4. The molecule has 0 atom stereocenters. The third-order valence-corrected chi connectivity index (χ3v) is 6.15. The van der Waals surface area contributed by atoms with Crippen molar-refractivity contribution < 1.29 is 23.9 Å². The Morgan fingerprint density at radius 1 is 0.914 bits per heavy atom. The minimum absolute atomic E-state index is 0.130. The summed E-state index contributed by atoms with van der Waals surface area (Å²) in [4.78, 5) is 39.1. The maximum absolute atomic E-state index is 13.2. The third-order valence-electron chi connectivity index (χ3n) is 5.09. The first-order chi connectivity index (χ1) is 16.8. The van der Waals surface area contributed by atoms with Gasteiger partial charge < -0.3 is 9.47 Å². The Bertz CT molecular complexity index is 1370. The monoisotopic (exact) mass is 530 g/mol. The molecule has 0 unspecified atom stereocenters. The number of urea groups is 1. The van der Waals surface area contributed by atoms with Crippen LogP contribution in [0.4, 0.5) is 10.5 Å². The maximum atomic E-state index is 13.2. The normalized spacial score (nSPS) is 14.8. The van der Waals surface area contributed by atoms with Gasteiger partial charge in [-0.05, 0) is 48.0 Å². The Labute approximate surface area is 215 Å². The van der Waals surface area contributed by atoms with E-state index in [0.29, 0.717) is 27.1 Å². The van der Waals surface area contributed by atoms with Gasteiger partial charge in [-0.3, -0.25) is 14.9 Å². The lowest BCUT2D eigenvalue weighted by atomic mass is 10.1. The molecule has 1 N–H and O–H groups in total. The first-order valence-corrected chi connectivity index (χ1v) is 11.3. The SMILES string of the molecule is COc1ccc(/C=C2\C(=O)NC(=O)N(c3ccccc3Cl)C2=O)c(OCc2ccc(Cl)c(Cl)c2)c1. The van der Waals surface area contributed by atoms with E-state index in [4.69, 9.17) is 44.3 Å². The summed E-state index contributed by atoms with van der Waals surface area (Å²) in [6.45, 7) is 0.130. The lowest BCUT2D eigenvalue weighted by Crippen LogP contribution is -2.54. The van der Waals surface area contributed by atoms with Crippen LogP contribution in [0.25, 0.3) is 6.08 Å². The number of nitrogens with one attached hydrogen (secondary N) is 1. The first-order valence-electron chi connectivity index (χ1n) is 10.2. The van der Waals surface area contributed by atoms with Crippen LogP contribution in [0, 0.1) is 0 Å². The number of ether oxygens (including phenoxy) is 2. The molecule has 10 heteroatoms. The van der Waals surface area contributed by atoms with Crippen LogP contribution < -0.4 is 19.7 Å². The number of carbonyl (C=O) groups excluding carboxylic acids is 3. The van der Waals surface area contributed by atoms with Crippen LogP contribution in [-0.2, 0) is 16.2 Å². The number of carbonyl (C=O) groups is 3. The molecule has 0 saturated carbocycles. The number of amides is 4. The van der Waals surface area contributed by atoms with E-state index in [1.807, 2.05) is 0 Å². The number of halogens is 3. The highest BCUT2D eigenvalue weighted by Gasteiger charge is 2.37. The van der Waals surface area contributed by atoms with E-state index in [1.165, 1.54) is 25.3 Å². The van der Waals surface area contributed by atoms with Gasteiger partial charge in [0.1, 0.15) is 23.7 Å². The van der Waals surface area contributed by atoms with E-state index >= 15 is 0 Å². The number of para-hydroxylation sites is 1. The molecule has 3 aromatic carbocycles. The molecule has 1 saturated heterocycles. The zero-order valence-electron chi connectivity index (χ0n) is 18.2. The van der Waals surface area contributed by atoms with Crippen LogP contribution in [0.15, 0.2) is 66.2 Å². The molecule has 0 bridgehead atoms. The summed E-state index contributed by atoms with van der Waals surface area (Å²) in [5, 5.41) is 3.16. The fraction of sp³-hybridized carbons (Fsp3) is 0.0800. The second-order valence-electron chi connectivity index (χ2n) is 7.35. The van der Waals surface area contributed by atoms with Crippen LogP contribution in [0.3, 0.4) is 0 Å². The fourth-order valence-corrected chi connectivity index (χ4v) is 3.88. The van der Waals surface area contributed by atoms with Crippen LogP contribution in [0.1, 0.15) is 11.1 Å². The first kappa shape index (κ1) is 24.6. The second-order valence-corrected chi connectivity index (χ2v) is 8.57. The van der Waals surface area contributed by atoms with Gasteiger partial charge in [0.2, 0.25) is 0 Å². The Kier molecular flexibility index (Phi) is 7.31. The molecule has 4 amide bonds. The maximum Gasteiger partial charge on any atom is 0.335 e. The summed E-state index contributed by atoms with van der Waals surface area (Å²) >= 11 is 18.2. The molecule has 1 fully saturated rings. The molecule has 35 heavy (non-hydrogen) atoms. The number of methoxy groups -OCH3 is 1. The minimum Gasteiger partial charge on any atom is -0.497 e.